The van der Waals surface area contributed by atoms with Crippen LogP contribution in [0.25, 0.3) is 4.85 Å². The van der Waals surface area contributed by atoms with E-state index in [1.165, 1.54) is 0 Å². The average molecular weight is 252 g/mol. The Labute approximate surface area is 41.5 Å². The quantitative estimate of drug-likeness (QED) is 0.484. The van der Waals surface area contributed by atoms with Gasteiger partial charge < -0.3 is 0 Å². The van der Waals surface area contributed by atoms with E-state index in [9.17, 15) is 0 Å². The maximum absolute atomic E-state index is 6.25. The molecule has 0 aromatic carbocycles. The van der Waals surface area contributed by atoms with Crippen LogP contribution in [0.1, 0.15) is 0 Å². The van der Waals surface area contributed by atoms with Crippen molar-refractivity contribution in [2.24, 2.45) is 0 Å². The van der Waals surface area contributed by atoms with Gasteiger partial charge in [0.1, 0.15) is 0 Å². The molecule has 0 radical (unpaired) electrons. The summed E-state index contributed by atoms with van der Waals surface area (Å²) in [6.07, 6.45) is 0. The molecule has 0 unspecified atom stereocenters. The number of rotatable bonds is 1. The van der Waals surface area contributed by atoms with E-state index in [1.54, 1.807) is 0 Å². The Morgan fingerprint density at radius 1 is 2.00 bits per heavy atom. The Bertz CT molecular complexity index is 45.3. The first-order valence-corrected chi connectivity index (χ1v) is 4.75. The normalized spacial score (nSPS) is 7.20. The topological polar surface area (TPSA) is 4.36 Å². The van der Waals surface area contributed by atoms with Gasteiger partial charge in [-0.3, -0.25) is 0 Å². The van der Waals surface area contributed by atoms with Gasteiger partial charge in [-0.1, -0.05) is 0 Å². The predicted octanol–water partition coefficient (Wildman–Crippen LogP) is 0.994. The van der Waals surface area contributed by atoms with Gasteiger partial charge in [0.25, 0.3) is 0 Å². The van der Waals surface area contributed by atoms with E-state index < -0.39 is 0 Å². The van der Waals surface area contributed by atoms with Crippen molar-refractivity contribution in [3.63, 3.8) is 0 Å². The van der Waals surface area contributed by atoms with E-state index in [-0.39, 0.29) is 0 Å². The summed E-state index contributed by atoms with van der Waals surface area (Å²) < 4.78 is 0.778. The van der Waals surface area contributed by atoms with Crippen LogP contribution in [-0.2, 0) is 19.8 Å². The molecule has 0 N–H and O–H groups in total. The zero-order valence-corrected chi connectivity index (χ0v) is 5.12. The van der Waals surface area contributed by atoms with Crippen molar-refractivity contribution in [3.05, 3.63) is 11.4 Å². The van der Waals surface area contributed by atoms with Crippen LogP contribution < -0.4 is 0 Å². The fraction of sp³-hybridized carbons (Fsp3) is 0.667. The van der Waals surface area contributed by atoms with Gasteiger partial charge in [0, 0.05) is 0 Å². The molecule has 0 aromatic rings. The molecule has 0 aliphatic rings. The van der Waals surface area contributed by atoms with Crippen LogP contribution in [-0.4, -0.2) is 4.76 Å². The second-order valence-electron chi connectivity index (χ2n) is 0.467. The maximum atomic E-state index is 6.25. The molecule has 0 bridgehead atoms. The van der Waals surface area contributed by atoms with Crippen LogP contribution in [0.4, 0.5) is 0 Å². The molecule has 0 saturated heterocycles. The summed E-state index contributed by atoms with van der Waals surface area (Å²) in [5.41, 5.74) is 0. The van der Waals surface area contributed by atoms with E-state index in [0.717, 1.165) is 4.76 Å². The molecular weight excluding hydrogens is 247 g/mol. The number of nitrogens with zero attached hydrogens (tertiary/aromatic N) is 1. The summed E-state index contributed by atoms with van der Waals surface area (Å²) in [7, 11) is 0. The molecule has 0 spiro atoms. The van der Waals surface area contributed by atoms with Gasteiger partial charge in [-0.15, -0.1) is 0 Å². The van der Waals surface area contributed by atoms with Gasteiger partial charge in [-0.05, 0) is 0 Å². The fourth-order valence-electron chi connectivity index (χ4n) is 0.0477. The molecule has 0 aliphatic carbocycles. The summed E-state index contributed by atoms with van der Waals surface area (Å²) in [6, 6.07) is 0. The van der Waals surface area contributed by atoms with Gasteiger partial charge >= 0.3 is 41.1 Å². The van der Waals surface area contributed by atoms with Crippen LogP contribution in [0, 0.1) is 6.57 Å². The van der Waals surface area contributed by atoms with Crippen molar-refractivity contribution < 1.29 is 19.8 Å². The predicted molar refractivity (Wildman–Crippen MR) is 17.3 cm³/mol. The Balaban J connectivity index is 2.48. The first-order valence-electron chi connectivity index (χ1n) is 1.05. The molecule has 0 atom stereocenters. The molecule has 1 nitrogen and oxygen atoms in total. The van der Waals surface area contributed by atoms with Crippen molar-refractivity contribution in [1.29, 1.82) is 0 Å². The fourth-order valence-corrected chi connectivity index (χ4v) is 0.390. The van der Waals surface area contributed by atoms with Gasteiger partial charge in [0.15, 0.2) is 0 Å². The first kappa shape index (κ1) is 5.23. The van der Waals surface area contributed by atoms with Crippen molar-refractivity contribution in [2.75, 3.05) is 4.76 Å². The average Bonchev–Trinajstić information content (AvgIpc) is 1.41. The van der Waals surface area contributed by atoms with Crippen LogP contribution in [0.3, 0.4) is 0 Å². The summed E-state index contributed by atoms with van der Waals surface area (Å²) in [5, 5.41) is 2.10. The molecule has 0 rings (SSSR count). The van der Waals surface area contributed by atoms with Crippen molar-refractivity contribution >= 4 is 0 Å². The molecule has 2 heteroatoms. The summed E-state index contributed by atoms with van der Waals surface area (Å²) >= 11 is 0.339. The monoisotopic (exact) mass is 252 g/mol. The Hall–Kier alpha value is 0.230. The zero-order chi connectivity index (χ0) is 4.12. The Kier molecular flexibility index (Phi) is 4.43. The van der Waals surface area contributed by atoms with Crippen LogP contribution >= 0.6 is 0 Å². The van der Waals surface area contributed by atoms with Gasteiger partial charge in [0.2, 0.25) is 0 Å². The van der Waals surface area contributed by atoms with E-state index >= 15 is 0 Å². The standard InChI is InChI=1S/C2H2N.CH3.Au/c1-3-2;;/h1H2;1H3;/q;;+1. The minimum absolute atomic E-state index is 0.339. The second-order valence-corrected chi connectivity index (χ2v) is 2.68. The second kappa shape index (κ2) is 4.23. The van der Waals surface area contributed by atoms with E-state index in [4.69, 9.17) is 6.57 Å². The van der Waals surface area contributed by atoms with Gasteiger partial charge in [-0.2, -0.15) is 0 Å². The van der Waals surface area contributed by atoms with E-state index in [2.05, 4.69) is 9.99 Å². The minimum atomic E-state index is 0.339. The van der Waals surface area contributed by atoms with Crippen LogP contribution in [0.15, 0.2) is 0 Å². The van der Waals surface area contributed by atoms with E-state index in [0.29, 0.717) is 19.8 Å². The molecule has 5 heavy (non-hydrogen) atoms. The molecule has 0 heterocycles. The number of hydrogen-bond donors (Lipinski definition) is 0. The first-order chi connectivity index (χ1) is 2.41. The van der Waals surface area contributed by atoms with Crippen LogP contribution in [0.2, 0.25) is 5.14 Å². The summed E-state index contributed by atoms with van der Waals surface area (Å²) in [6.45, 7) is 6.25. The molecule has 0 aromatic heterocycles. The van der Waals surface area contributed by atoms with Crippen LogP contribution in [0.5, 0.6) is 0 Å². The third-order valence-corrected chi connectivity index (χ3v) is 1.17. The third-order valence-electron chi connectivity index (χ3n) is 0.143. The Morgan fingerprint density at radius 2 is 2.60 bits per heavy atom. The van der Waals surface area contributed by atoms with Crippen molar-refractivity contribution in [3.8, 4) is 0 Å². The molecule has 0 amide bonds. The SMILES string of the molecule is [C-]#[N+][CH2][Au+][CH3]. The molecule has 0 saturated carbocycles. The molecule has 0 aliphatic heterocycles. The van der Waals surface area contributed by atoms with Gasteiger partial charge in [0.05, 0.1) is 0 Å². The molecule has 32 valence electrons. The summed E-state index contributed by atoms with van der Waals surface area (Å²) in [4.78, 5) is 3.15. The Morgan fingerprint density at radius 3 is 2.60 bits per heavy atom. The third kappa shape index (κ3) is 4.23. The summed E-state index contributed by atoms with van der Waals surface area (Å²) in [5.74, 6) is 0. The van der Waals surface area contributed by atoms with E-state index in [1.807, 2.05) is 0 Å². The molecular formula is C3H5AuN+. The number of hydrogen-bond acceptors (Lipinski definition) is 0. The molecule has 0 fully saturated rings. The zero-order valence-electron chi connectivity index (χ0n) is 2.96. The van der Waals surface area contributed by atoms with Crippen molar-refractivity contribution in [1.82, 2.24) is 0 Å². The van der Waals surface area contributed by atoms with Gasteiger partial charge in [-0.25, -0.2) is 0 Å². The van der Waals surface area contributed by atoms with Crippen molar-refractivity contribution in [2.45, 2.75) is 5.14 Å².